The maximum atomic E-state index is 12.8. The number of hydrogen-bond acceptors (Lipinski definition) is 6. The first-order valence-corrected chi connectivity index (χ1v) is 11.1. The maximum Gasteiger partial charge on any atom is 0.225 e. The average molecular weight is 409 g/mol. The molecule has 2 aliphatic rings. The van der Waals surface area contributed by atoms with Crippen LogP contribution in [0, 0.1) is 5.92 Å². The summed E-state index contributed by atoms with van der Waals surface area (Å²) >= 11 is 1.66. The second kappa shape index (κ2) is 8.08. The number of carbonyl (C=O) groups is 1. The topological polar surface area (TPSA) is 58.6 Å². The van der Waals surface area contributed by atoms with Crippen molar-refractivity contribution in [3.63, 3.8) is 0 Å². The lowest BCUT2D eigenvalue weighted by atomic mass is 9.95. The molecule has 1 aromatic carbocycles. The van der Waals surface area contributed by atoms with Gasteiger partial charge in [0.1, 0.15) is 5.82 Å². The van der Waals surface area contributed by atoms with Gasteiger partial charge in [-0.15, -0.1) is 11.3 Å². The summed E-state index contributed by atoms with van der Waals surface area (Å²) in [5.74, 6) is 2.16. The molecule has 2 saturated heterocycles. The SMILES string of the molecule is O=C(C1CCN(c2nc(-c3cccs3)nc3ccccc23)CC1)N1CCOCC1. The number of piperidine rings is 1. The van der Waals surface area contributed by atoms with E-state index in [0.717, 1.165) is 66.4 Å². The van der Waals surface area contributed by atoms with Crippen molar-refractivity contribution >= 4 is 34.0 Å². The highest BCUT2D eigenvalue weighted by Gasteiger charge is 2.30. The molecule has 5 rings (SSSR count). The second-order valence-corrected chi connectivity index (χ2v) is 8.51. The number of hydrogen-bond donors (Lipinski definition) is 0. The number of ether oxygens (including phenoxy) is 1. The molecule has 2 fully saturated rings. The third-order valence-electron chi connectivity index (χ3n) is 5.79. The molecule has 7 heteroatoms. The number of fused-ring (bicyclic) bond motifs is 1. The van der Waals surface area contributed by atoms with Gasteiger partial charge in [-0.25, -0.2) is 9.97 Å². The van der Waals surface area contributed by atoms with Crippen LogP contribution >= 0.6 is 11.3 Å². The number of rotatable bonds is 3. The molecule has 0 radical (unpaired) electrons. The number of nitrogens with zero attached hydrogens (tertiary/aromatic N) is 4. The Labute approximate surface area is 174 Å². The van der Waals surface area contributed by atoms with E-state index in [1.807, 2.05) is 29.2 Å². The second-order valence-electron chi connectivity index (χ2n) is 7.56. The zero-order valence-electron chi connectivity index (χ0n) is 16.3. The van der Waals surface area contributed by atoms with Crippen LogP contribution in [0.4, 0.5) is 5.82 Å². The summed E-state index contributed by atoms with van der Waals surface area (Å²) in [5.41, 5.74) is 0.965. The minimum absolute atomic E-state index is 0.106. The van der Waals surface area contributed by atoms with Crippen molar-refractivity contribution in [2.45, 2.75) is 12.8 Å². The molecule has 0 atom stereocenters. The van der Waals surface area contributed by atoms with Crippen molar-refractivity contribution in [1.82, 2.24) is 14.9 Å². The van der Waals surface area contributed by atoms with Crippen LogP contribution in [-0.4, -0.2) is 60.2 Å². The number of morpholine rings is 1. The number of amides is 1. The van der Waals surface area contributed by atoms with Gasteiger partial charge in [-0.2, -0.15) is 0 Å². The Kier molecular flexibility index (Phi) is 5.16. The van der Waals surface area contributed by atoms with Crippen LogP contribution in [-0.2, 0) is 9.53 Å². The summed E-state index contributed by atoms with van der Waals surface area (Å²) in [5, 5.41) is 3.13. The summed E-state index contributed by atoms with van der Waals surface area (Å²) in [7, 11) is 0. The van der Waals surface area contributed by atoms with Crippen LogP contribution in [0.5, 0.6) is 0 Å². The number of para-hydroxylation sites is 1. The molecular formula is C22H24N4O2S. The lowest BCUT2D eigenvalue weighted by Gasteiger charge is -2.36. The maximum absolute atomic E-state index is 12.8. The molecule has 2 aromatic heterocycles. The zero-order valence-corrected chi connectivity index (χ0v) is 17.1. The Morgan fingerprint density at radius 2 is 1.79 bits per heavy atom. The molecule has 1 amide bonds. The first kappa shape index (κ1) is 18.5. The molecule has 150 valence electrons. The normalized spacial score (nSPS) is 18.3. The van der Waals surface area contributed by atoms with Crippen molar-refractivity contribution < 1.29 is 9.53 Å². The lowest BCUT2D eigenvalue weighted by Crippen LogP contribution is -2.47. The predicted octanol–water partition coefficient (Wildman–Crippen LogP) is 3.43. The molecule has 29 heavy (non-hydrogen) atoms. The Morgan fingerprint density at radius 3 is 2.55 bits per heavy atom. The minimum atomic E-state index is 0.106. The van der Waals surface area contributed by atoms with E-state index in [1.54, 1.807) is 11.3 Å². The van der Waals surface area contributed by atoms with E-state index in [1.165, 1.54) is 0 Å². The van der Waals surface area contributed by atoms with E-state index in [9.17, 15) is 4.79 Å². The van der Waals surface area contributed by atoms with Crippen molar-refractivity contribution in [3.05, 3.63) is 41.8 Å². The van der Waals surface area contributed by atoms with Crippen molar-refractivity contribution in [2.24, 2.45) is 5.92 Å². The van der Waals surface area contributed by atoms with Gasteiger partial charge < -0.3 is 14.5 Å². The van der Waals surface area contributed by atoms with Gasteiger partial charge in [0.2, 0.25) is 5.91 Å². The van der Waals surface area contributed by atoms with Crippen LogP contribution in [0.25, 0.3) is 21.6 Å². The van der Waals surface area contributed by atoms with Crippen LogP contribution in [0.3, 0.4) is 0 Å². The largest absolute Gasteiger partial charge is 0.378 e. The Bertz CT molecular complexity index is 993. The van der Waals surface area contributed by atoms with Crippen molar-refractivity contribution in [1.29, 1.82) is 0 Å². The third kappa shape index (κ3) is 3.72. The van der Waals surface area contributed by atoms with Crippen LogP contribution < -0.4 is 4.90 Å². The van der Waals surface area contributed by atoms with Gasteiger partial charge in [0.05, 0.1) is 23.6 Å². The highest BCUT2D eigenvalue weighted by Crippen LogP contribution is 2.32. The number of anilines is 1. The van der Waals surface area contributed by atoms with Gasteiger partial charge in [-0.1, -0.05) is 18.2 Å². The quantitative estimate of drug-likeness (QED) is 0.665. The molecule has 0 bridgehead atoms. The summed E-state index contributed by atoms with van der Waals surface area (Å²) in [4.78, 5) is 27.9. The summed E-state index contributed by atoms with van der Waals surface area (Å²) in [6.07, 6.45) is 1.73. The number of aromatic nitrogens is 2. The van der Waals surface area contributed by atoms with Gasteiger partial charge in [-0.3, -0.25) is 4.79 Å². The first-order chi connectivity index (χ1) is 14.3. The number of carbonyl (C=O) groups excluding carboxylic acids is 1. The lowest BCUT2D eigenvalue weighted by molar-refractivity contribution is -0.140. The Hall–Kier alpha value is -2.51. The molecule has 0 saturated carbocycles. The molecule has 4 heterocycles. The molecule has 0 aliphatic carbocycles. The van der Waals surface area contributed by atoms with Gasteiger partial charge in [0, 0.05) is 37.5 Å². The third-order valence-corrected chi connectivity index (χ3v) is 6.66. The number of benzene rings is 1. The van der Waals surface area contributed by atoms with Crippen LogP contribution in [0.15, 0.2) is 41.8 Å². The Morgan fingerprint density at radius 1 is 1.00 bits per heavy atom. The van der Waals surface area contributed by atoms with Gasteiger partial charge in [-0.05, 0) is 36.4 Å². The van der Waals surface area contributed by atoms with Gasteiger partial charge in [0.25, 0.3) is 0 Å². The van der Waals surface area contributed by atoms with Crippen LogP contribution in [0.2, 0.25) is 0 Å². The minimum Gasteiger partial charge on any atom is -0.378 e. The fraction of sp³-hybridized carbons (Fsp3) is 0.409. The molecule has 0 N–H and O–H groups in total. The average Bonchev–Trinajstić information content (AvgIpc) is 3.34. The standard InChI is InChI=1S/C22H24N4O2S/c27-22(26-11-13-28-14-12-26)16-7-9-25(10-8-16)21-17-4-1-2-5-18(17)23-20(24-21)19-6-3-15-29-19/h1-6,15-16H,7-14H2. The highest BCUT2D eigenvalue weighted by molar-refractivity contribution is 7.13. The van der Waals surface area contributed by atoms with E-state index >= 15 is 0 Å². The fourth-order valence-corrected chi connectivity index (χ4v) is 4.85. The molecule has 0 unspecified atom stereocenters. The van der Waals surface area contributed by atoms with Gasteiger partial charge >= 0.3 is 0 Å². The zero-order chi connectivity index (χ0) is 19.6. The smallest absolute Gasteiger partial charge is 0.225 e. The van der Waals surface area contributed by atoms with E-state index in [0.29, 0.717) is 19.1 Å². The predicted molar refractivity (Wildman–Crippen MR) is 115 cm³/mol. The van der Waals surface area contributed by atoms with E-state index in [2.05, 4.69) is 22.4 Å². The summed E-state index contributed by atoms with van der Waals surface area (Å²) in [6, 6.07) is 12.3. The summed E-state index contributed by atoms with van der Waals surface area (Å²) in [6.45, 7) is 4.43. The van der Waals surface area contributed by atoms with Crippen molar-refractivity contribution in [3.8, 4) is 10.7 Å². The van der Waals surface area contributed by atoms with Crippen LogP contribution in [0.1, 0.15) is 12.8 Å². The monoisotopic (exact) mass is 408 g/mol. The summed E-state index contributed by atoms with van der Waals surface area (Å²) < 4.78 is 5.38. The first-order valence-electron chi connectivity index (χ1n) is 10.2. The van der Waals surface area contributed by atoms with E-state index in [4.69, 9.17) is 14.7 Å². The fourth-order valence-electron chi connectivity index (χ4n) is 4.20. The highest BCUT2D eigenvalue weighted by atomic mass is 32.1. The molecular weight excluding hydrogens is 384 g/mol. The molecule has 0 spiro atoms. The molecule has 6 nitrogen and oxygen atoms in total. The number of thiophene rings is 1. The van der Waals surface area contributed by atoms with Crippen molar-refractivity contribution in [2.75, 3.05) is 44.3 Å². The molecule has 3 aromatic rings. The van der Waals surface area contributed by atoms with E-state index < -0.39 is 0 Å². The van der Waals surface area contributed by atoms with E-state index in [-0.39, 0.29) is 5.92 Å². The molecule has 2 aliphatic heterocycles. The Balaban J connectivity index is 1.38. The van der Waals surface area contributed by atoms with Gasteiger partial charge in [0.15, 0.2) is 5.82 Å².